The molecule has 0 radical (unpaired) electrons. The highest BCUT2D eigenvalue weighted by Crippen LogP contribution is 2.36. The first-order valence-electron chi connectivity index (χ1n) is 7.25. The van der Waals surface area contributed by atoms with Crippen LogP contribution in [0.2, 0.25) is 5.02 Å². The molecular weight excluding hydrogens is 270 g/mol. The zero-order chi connectivity index (χ0) is 14.1. The van der Waals surface area contributed by atoms with Crippen LogP contribution in [0.1, 0.15) is 42.1 Å². The van der Waals surface area contributed by atoms with Gasteiger partial charge in [0.05, 0.1) is 11.4 Å². The third-order valence-corrected chi connectivity index (χ3v) is 4.42. The van der Waals surface area contributed by atoms with Crippen molar-refractivity contribution in [2.75, 3.05) is 6.54 Å². The van der Waals surface area contributed by atoms with Crippen LogP contribution in [0, 0.1) is 6.92 Å². The van der Waals surface area contributed by atoms with Gasteiger partial charge in [0.25, 0.3) is 0 Å². The molecule has 0 saturated heterocycles. The molecule has 20 heavy (non-hydrogen) atoms. The summed E-state index contributed by atoms with van der Waals surface area (Å²) in [6, 6.07) is 7.89. The number of aromatic nitrogens is 2. The summed E-state index contributed by atoms with van der Waals surface area (Å²) in [5.41, 5.74) is 10.8. The number of nitrogens with two attached hydrogens (primary N) is 1. The van der Waals surface area contributed by atoms with Gasteiger partial charge in [-0.15, -0.1) is 0 Å². The van der Waals surface area contributed by atoms with Crippen LogP contribution in [-0.2, 0) is 6.42 Å². The summed E-state index contributed by atoms with van der Waals surface area (Å²) in [6.07, 6.45) is 4.60. The van der Waals surface area contributed by atoms with E-state index in [0.29, 0.717) is 5.92 Å². The van der Waals surface area contributed by atoms with Crippen LogP contribution < -0.4 is 5.73 Å². The first kappa shape index (κ1) is 13.7. The second-order valence-corrected chi connectivity index (χ2v) is 5.94. The van der Waals surface area contributed by atoms with E-state index in [0.717, 1.165) is 35.8 Å². The molecule has 0 saturated carbocycles. The van der Waals surface area contributed by atoms with E-state index in [4.69, 9.17) is 22.4 Å². The molecule has 0 amide bonds. The molecule has 1 aliphatic carbocycles. The van der Waals surface area contributed by atoms with E-state index in [-0.39, 0.29) is 0 Å². The minimum Gasteiger partial charge on any atom is -0.330 e. The third-order valence-electron chi connectivity index (χ3n) is 4.17. The second-order valence-electron chi connectivity index (χ2n) is 5.50. The Balaban J connectivity index is 2.06. The fraction of sp³-hybridized carbons (Fsp3) is 0.438. The molecule has 0 fully saturated rings. The largest absolute Gasteiger partial charge is 0.330 e. The van der Waals surface area contributed by atoms with Gasteiger partial charge < -0.3 is 5.73 Å². The normalized spacial score (nSPS) is 18.1. The third kappa shape index (κ3) is 2.36. The average molecular weight is 290 g/mol. The zero-order valence-electron chi connectivity index (χ0n) is 11.8. The standard InChI is InChI=1S/C16H20ClN3/c1-11-16-12(9-10-18)3-2-4-15(16)20(19-11)14-7-5-13(17)6-8-14/h5-8,12H,2-4,9-10,18H2,1H3. The number of fused-ring (bicyclic) bond motifs is 1. The Morgan fingerprint density at radius 2 is 2.10 bits per heavy atom. The molecule has 0 bridgehead atoms. The van der Waals surface area contributed by atoms with Gasteiger partial charge in [0.15, 0.2) is 0 Å². The van der Waals surface area contributed by atoms with Crippen molar-refractivity contribution in [1.29, 1.82) is 0 Å². The maximum Gasteiger partial charge on any atom is 0.0650 e. The lowest BCUT2D eigenvalue weighted by atomic mass is 9.83. The van der Waals surface area contributed by atoms with Crippen LogP contribution in [0.5, 0.6) is 0 Å². The number of benzene rings is 1. The average Bonchev–Trinajstić information content (AvgIpc) is 2.79. The van der Waals surface area contributed by atoms with Gasteiger partial charge in [0, 0.05) is 10.7 Å². The summed E-state index contributed by atoms with van der Waals surface area (Å²) in [4.78, 5) is 0. The molecule has 0 aliphatic heterocycles. The summed E-state index contributed by atoms with van der Waals surface area (Å²) in [5.74, 6) is 0.574. The minimum atomic E-state index is 0.574. The number of aryl methyl sites for hydroxylation is 1. The van der Waals surface area contributed by atoms with Crippen LogP contribution >= 0.6 is 11.6 Å². The predicted molar refractivity (Wildman–Crippen MR) is 82.7 cm³/mol. The molecule has 1 heterocycles. The van der Waals surface area contributed by atoms with E-state index in [1.165, 1.54) is 24.1 Å². The second kappa shape index (κ2) is 5.58. The molecule has 3 nitrogen and oxygen atoms in total. The Bertz CT molecular complexity index is 601. The lowest BCUT2D eigenvalue weighted by Crippen LogP contribution is -2.15. The van der Waals surface area contributed by atoms with Crippen molar-refractivity contribution in [3.63, 3.8) is 0 Å². The van der Waals surface area contributed by atoms with E-state index in [9.17, 15) is 0 Å². The summed E-state index contributed by atoms with van der Waals surface area (Å²) in [6.45, 7) is 2.86. The molecule has 1 atom stereocenters. The first-order valence-corrected chi connectivity index (χ1v) is 7.63. The van der Waals surface area contributed by atoms with Gasteiger partial charge in [-0.2, -0.15) is 5.10 Å². The Labute approximate surface area is 124 Å². The molecule has 1 unspecified atom stereocenters. The van der Waals surface area contributed by atoms with Gasteiger partial charge in [-0.05, 0) is 74.9 Å². The smallest absolute Gasteiger partial charge is 0.0650 e. The lowest BCUT2D eigenvalue weighted by Gasteiger charge is -2.23. The van der Waals surface area contributed by atoms with Crippen molar-refractivity contribution in [3.05, 3.63) is 46.2 Å². The lowest BCUT2D eigenvalue weighted by molar-refractivity contribution is 0.517. The number of hydrogen-bond acceptors (Lipinski definition) is 2. The summed E-state index contributed by atoms with van der Waals surface area (Å²) >= 11 is 5.97. The van der Waals surface area contributed by atoms with Gasteiger partial charge >= 0.3 is 0 Å². The Hall–Kier alpha value is -1.32. The van der Waals surface area contributed by atoms with Crippen LogP contribution in [-0.4, -0.2) is 16.3 Å². The molecule has 2 aromatic rings. The SMILES string of the molecule is Cc1nn(-c2ccc(Cl)cc2)c2c1C(CCN)CCC2. The highest BCUT2D eigenvalue weighted by Gasteiger charge is 2.26. The fourth-order valence-electron chi connectivity index (χ4n) is 3.30. The van der Waals surface area contributed by atoms with Crippen LogP contribution in [0.15, 0.2) is 24.3 Å². The van der Waals surface area contributed by atoms with Gasteiger partial charge in [-0.3, -0.25) is 0 Å². The Kier molecular flexibility index (Phi) is 3.81. The van der Waals surface area contributed by atoms with Gasteiger partial charge in [0.1, 0.15) is 0 Å². The molecule has 1 aromatic heterocycles. The van der Waals surface area contributed by atoms with Crippen LogP contribution in [0.25, 0.3) is 5.69 Å². The molecule has 1 aliphatic rings. The predicted octanol–water partition coefficient (Wildman–Crippen LogP) is 3.60. The minimum absolute atomic E-state index is 0.574. The summed E-state index contributed by atoms with van der Waals surface area (Å²) in [7, 11) is 0. The molecule has 2 N–H and O–H groups in total. The summed E-state index contributed by atoms with van der Waals surface area (Å²) < 4.78 is 2.09. The van der Waals surface area contributed by atoms with Crippen LogP contribution in [0.3, 0.4) is 0 Å². The quantitative estimate of drug-likeness (QED) is 0.938. The molecule has 0 spiro atoms. The Morgan fingerprint density at radius 1 is 1.35 bits per heavy atom. The molecule has 1 aromatic carbocycles. The Morgan fingerprint density at radius 3 is 2.80 bits per heavy atom. The topological polar surface area (TPSA) is 43.8 Å². The molecule has 106 valence electrons. The van der Waals surface area contributed by atoms with E-state index in [1.54, 1.807) is 0 Å². The fourth-order valence-corrected chi connectivity index (χ4v) is 3.43. The van der Waals surface area contributed by atoms with Gasteiger partial charge in [-0.1, -0.05) is 11.6 Å². The van der Waals surface area contributed by atoms with Gasteiger partial charge in [-0.25, -0.2) is 4.68 Å². The van der Waals surface area contributed by atoms with E-state index in [2.05, 4.69) is 11.6 Å². The van der Waals surface area contributed by atoms with Gasteiger partial charge in [0.2, 0.25) is 0 Å². The highest BCUT2D eigenvalue weighted by atomic mass is 35.5. The van der Waals surface area contributed by atoms with Crippen molar-refractivity contribution < 1.29 is 0 Å². The van der Waals surface area contributed by atoms with Crippen molar-refractivity contribution in [1.82, 2.24) is 9.78 Å². The van der Waals surface area contributed by atoms with Crippen LogP contribution in [0.4, 0.5) is 0 Å². The van der Waals surface area contributed by atoms with Crippen molar-refractivity contribution in [2.45, 2.75) is 38.5 Å². The van der Waals surface area contributed by atoms with Crippen molar-refractivity contribution in [2.24, 2.45) is 5.73 Å². The number of halogens is 1. The molecule has 3 rings (SSSR count). The highest BCUT2D eigenvalue weighted by molar-refractivity contribution is 6.30. The van der Waals surface area contributed by atoms with E-state index < -0.39 is 0 Å². The number of nitrogens with zero attached hydrogens (tertiary/aromatic N) is 2. The monoisotopic (exact) mass is 289 g/mol. The number of hydrogen-bond donors (Lipinski definition) is 1. The molecular formula is C16H20ClN3. The van der Waals surface area contributed by atoms with Crippen molar-refractivity contribution in [3.8, 4) is 5.69 Å². The number of rotatable bonds is 3. The van der Waals surface area contributed by atoms with E-state index >= 15 is 0 Å². The zero-order valence-corrected chi connectivity index (χ0v) is 12.5. The molecule has 4 heteroatoms. The first-order chi connectivity index (χ1) is 9.70. The maximum absolute atomic E-state index is 5.97. The van der Waals surface area contributed by atoms with Crippen molar-refractivity contribution >= 4 is 11.6 Å². The summed E-state index contributed by atoms with van der Waals surface area (Å²) in [5, 5.41) is 5.51. The maximum atomic E-state index is 5.97. The van der Waals surface area contributed by atoms with E-state index in [1.807, 2.05) is 24.3 Å².